The Hall–Kier alpha value is -4.18. The second kappa shape index (κ2) is 15.6. The van der Waals surface area contributed by atoms with Gasteiger partial charge in [0.1, 0.15) is 30.0 Å². The molecule has 7 aliphatic rings. The molecule has 3 saturated heterocycles. The molecule has 1 amide bonds. The monoisotopic (exact) mass is 842 g/mol. The van der Waals surface area contributed by atoms with E-state index in [1.807, 2.05) is 20.8 Å². The molecule has 0 radical (unpaired) electrons. The third kappa shape index (κ3) is 7.01. The molecule has 12 atom stereocenters. The maximum atomic E-state index is 14.4. The number of likely N-dealkylation sites (tertiary alicyclic amines) is 1. The molecule has 6 fully saturated rings. The number of nitrogens with zero attached hydrogens (tertiary/aromatic N) is 1. The molecule has 3 aliphatic heterocycles. The second-order valence-electron chi connectivity index (χ2n) is 19.2. The molecule has 0 spiro atoms. The molecule has 2 bridgehead atoms. The van der Waals surface area contributed by atoms with Crippen molar-refractivity contribution in [3.05, 3.63) is 82.9 Å². The average molecular weight is 843 g/mol. The van der Waals surface area contributed by atoms with Crippen LogP contribution in [0.1, 0.15) is 93.9 Å². The lowest BCUT2D eigenvalue weighted by Crippen LogP contribution is -2.79. The number of aliphatic hydroxyl groups excluding tert-OH is 1. The van der Waals surface area contributed by atoms with Crippen LogP contribution in [-0.4, -0.2) is 125 Å². The summed E-state index contributed by atoms with van der Waals surface area (Å²) in [6.45, 7) is 11.3. The lowest BCUT2D eigenvalue weighted by molar-refractivity contribution is -0.345. The molecule has 328 valence electrons. The summed E-state index contributed by atoms with van der Waals surface area (Å²) in [5, 5.41) is 28.5. The number of carbonyl (C=O) groups excluding carboxylic acids is 4. The molecule has 2 aromatic carbocycles. The van der Waals surface area contributed by atoms with Gasteiger partial charge in [0.05, 0.1) is 30.2 Å². The van der Waals surface area contributed by atoms with Crippen molar-refractivity contribution in [2.24, 2.45) is 22.7 Å². The van der Waals surface area contributed by atoms with Gasteiger partial charge in [-0.1, -0.05) is 57.2 Å². The number of fused-ring (bicyclic) bond motifs is 8. The highest BCUT2D eigenvalue weighted by atomic mass is 16.7. The Morgan fingerprint density at radius 2 is 1.61 bits per heavy atom. The summed E-state index contributed by atoms with van der Waals surface area (Å²) in [6, 6.07) is 16.2. The van der Waals surface area contributed by atoms with Crippen molar-refractivity contribution < 1.29 is 57.8 Å². The van der Waals surface area contributed by atoms with Crippen LogP contribution < -0.4 is 5.32 Å². The van der Waals surface area contributed by atoms with Crippen LogP contribution in [0.4, 0.5) is 0 Å². The third-order valence-electron chi connectivity index (χ3n) is 15.2. The van der Waals surface area contributed by atoms with Crippen molar-refractivity contribution in [1.29, 1.82) is 0 Å². The molecular formula is C47H58N2O12. The molecule has 3 heterocycles. The lowest BCUT2D eigenvalue weighted by Gasteiger charge is -2.68. The van der Waals surface area contributed by atoms with E-state index in [-0.39, 0.29) is 24.5 Å². The van der Waals surface area contributed by atoms with E-state index in [2.05, 4.69) is 17.1 Å². The smallest absolute Gasteiger partial charge is 0.338 e. The van der Waals surface area contributed by atoms with Crippen LogP contribution in [0.5, 0.6) is 0 Å². The van der Waals surface area contributed by atoms with Gasteiger partial charge in [-0.05, 0) is 93.4 Å². The molecule has 0 aromatic heterocycles. The number of ether oxygens (including phenoxy) is 6. The van der Waals surface area contributed by atoms with Gasteiger partial charge in [0.15, 0.2) is 18.0 Å². The van der Waals surface area contributed by atoms with Gasteiger partial charge in [-0.2, -0.15) is 0 Å². The normalized spacial score (nSPS) is 37.1. The first-order valence-corrected chi connectivity index (χ1v) is 21.9. The zero-order valence-electron chi connectivity index (χ0n) is 35.5. The molecule has 2 aromatic rings. The van der Waals surface area contributed by atoms with Gasteiger partial charge in [0.25, 0.3) is 5.91 Å². The van der Waals surface area contributed by atoms with E-state index in [1.165, 1.54) is 6.92 Å². The summed E-state index contributed by atoms with van der Waals surface area (Å²) in [6.07, 6.45) is -3.59. The van der Waals surface area contributed by atoms with Crippen LogP contribution in [0.3, 0.4) is 0 Å². The molecule has 3 saturated carbocycles. The fourth-order valence-electron chi connectivity index (χ4n) is 11.6. The first-order chi connectivity index (χ1) is 29.1. The van der Waals surface area contributed by atoms with Crippen molar-refractivity contribution in [3.8, 4) is 0 Å². The summed E-state index contributed by atoms with van der Waals surface area (Å²) >= 11 is 0. The highest BCUT2D eigenvalue weighted by Gasteiger charge is 2.77. The zero-order chi connectivity index (χ0) is 43.1. The van der Waals surface area contributed by atoms with Crippen molar-refractivity contribution >= 4 is 23.8 Å². The van der Waals surface area contributed by atoms with Crippen LogP contribution in [0.2, 0.25) is 0 Å². The Bertz CT molecular complexity index is 2070. The van der Waals surface area contributed by atoms with Crippen LogP contribution in [0.15, 0.2) is 71.8 Å². The van der Waals surface area contributed by atoms with E-state index in [1.54, 1.807) is 60.7 Å². The van der Waals surface area contributed by atoms with Gasteiger partial charge in [0, 0.05) is 36.3 Å². The van der Waals surface area contributed by atoms with Crippen molar-refractivity contribution in [2.45, 2.75) is 133 Å². The SMILES string of the molecule is CC(=O)O[C@@]12CO[C@@H]1CC[C@@]1(C)[C@@H]3O[C@H](CN4CCC4)O[C@@H]3C3=C(C)[C@@H](OC(=O)[C@H](O)[C@@H](NC(=O)c4ccccc4)C4CC4)C[C@@](O)([C@@H](OC(=O)c4ccccc4)[C@@H]12)C3(C)C. The molecule has 4 aliphatic carbocycles. The van der Waals surface area contributed by atoms with E-state index in [0.29, 0.717) is 48.9 Å². The Morgan fingerprint density at radius 3 is 2.20 bits per heavy atom. The Kier molecular flexibility index (Phi) is 10.8. The van der Waals surface area contributed by atoms with Crippen LogP contribution in [0.25, 0.3) is 0 Å². The summed E-state index contributed by atoms with van der Waals surface area (Å²) in [5.74, 6) is -3.64. The number of nitrogens with one attached hydrogen (secondary N) is 1. The number of amides is 1. The number of aliphatic hydroxyl groups is 2. The van der Waals surface area contributed by atoms with Crippen molar-refractivity contribution in [3.63, 3.8) is 0 Å². The molecule has 0 unspecified atom stereocenters. The maximum Gasteiger partial charge on any atom is 0.338 e. The number of hydrogen-bond donors (Lipinski definition) is 3. The van der Waals surface area contributed by atoms with E-state index in [4.69, 9.17) is 28.4 Å². The predicted octanol–water partition coefficient (Wildman–Crippen LogP) is 4.12. The fourth-order valence-corrected chi connectivity index (χ4v) is 11.6. The Labute approximate surface area is 356 Å². The van der Waals surface area contributed by atoms with E-state index in [9.17, 15) is 29.4 Å². The highest BCUT2D eigenvalue weighted by molar-refractivity contribution is 5.95. The van der Waals surface area contributed by atoms with E-state index >= 15 is 0 Å². The van der Waals surface area contributed by atoms with Crippen LogP contribution in [0, 0.1) is 22.7 Å². The third-order valence-corrected chi connectivity index (χ3v) is 15.2. The molecular weight excluding hydrogens is 785 g/mol. The fraction of sp³-hybridized carbons (Fsp3) is 0.617. The molecule has 3 N–H and O–H groups in total. The van der Waals surface area contributed by atoms with Gasteiger partial charge in [-0.3, -0.25) is 14.5 Å². The minimum Gasteiger partial charge on any atom is -0.456 e. The number of esters is 3. The molecule has 9 rings (SSSR count). The van der Waals surface area contributed by atoms with Gasteiger partial charge < -0.3 is 44.0 Å². The first-order valence-electron chi connectivity index (χ1n) is 21.9. The number of rotatable bonds is 11. The van der Waals surface area contributed by atoms with Gasteiger partial charge in [-0.25, -0.2) is 9.59 Å². The van der Waals surface area contributed by atoms with Gasteiger partial charge in [-0.15, -0.1) is 0 Å². The number of benzene rings is 2. The quantitative estimate of drug-likeness (QED) is 0.167. The molecule has 61 heavy (non-hydrogen) atoms. The average Bonchev–Trinajstić information content (AvgIpc) is 3.97. The summed E-state index contributed by atoms with van der Waals surface area (Å²) < 4.78 is 39.5. The van der Waals surface area contributed by atoms with E-state index in [0.717, 1.165) is 19.5 Å². The number of hydrogen-bond acceptors (Lipinski definition) is 13. The lowest BCUT2D eigenvalue weighted by atomic mass is 9.45. The van der Waals surface area contributed by atoms with Crippen molar-refractivity contribution in [2.75, 3.05) is 26.2 Å². The standard InChI is InChI=1S/C47H58N2O12/c1-26-31(57-43(54)36(51)35(28-17-18-28)48-41(52)29-13-8-6-9-14-29)23-47(55)40(60-42(53)30-15-10-7-11-16-30)38-45(5,20-19-32-46(38,25-56-32)61-27(2)50)39-37(34(26)44(47,3)4)58-33(59-39)24-49-21-12-22-49/h6-11,13-16,28,31-33,35-40,51,55H,12,17-25H2,1-5H3,(H,48,52)/t31-,32+,33+,35-,36+,37+,38-,39+,40-,45+,46-,47+/m0/s1. The largest absolute Gasteiger partial charge is 0.456 e. The molecule has 14 nitrogen and oxygen atoms in total. The maximum absolute atomic E-state index is 14.4. The molecule has 14 heteroatoms. The van der Waals surface area contributed by atoms with Gasteiger partial charge >= 0.3 is 17.9 Å². The second-order valence-corrected chi connectivity index (χ2v) is 19.2. The summed E-state index contributed by atoms with van der Waals surface area (Å²) in [7, 11) is 0. The van der Waals surface area contributed by atoms with Gasteiger partial charge in [0.2, 0.25) is 0 Å². The van der Waals surface area contributed by atoms with Crippen LogP contribution in [-0.2, 0) is 38.0 Å². The summed E-state index contributed by atoms with van der Waals surface area (Å²) in [4.78, 5) is 57.4. The highest BCUT2D eigenvalue weighted by Crippen LogP contribution is 2.66. The number of carbonyl (C=O) groups is 4. The summed E-state index contributed by atoms with van der Waals surface area (Å²) in [5.41, 5.74) is -3.54. The van der Waals surface area contributed by atoms with E-state index < -0.39 is 101 Å². The minimum atomic E-state index is -2.00. The van der Waals surface area contributed by atoms with Crippen molar-refractivity contribution in [1.82, 2.24) is 10.2 Å². The predicted molar refractivity (Wildman–Crippen MR) is 218 cm³/mol. The zero-order valence-corrected chi connectivity index (χ0v) is 35.5. The topological polar surface area (TPSA) is 179 Å². The minimum absolute atomic E-state index is 0.00639. The Morgan fingerprint density at radius 1 is 0.934 bits per heavy atom. The van der Waals surface area contributed by atoms with Crippen LogP contribution >= 0.6 is 0 Å². The Balaban J connectivity index is 1.15. The first kappa shape index (κ1) is 42.1.